The maximum Gasteiger partial charge on any atom is 0.306 e. The molecule has 104 valence electrons. The third kappa shape index (κ3) is 2.77. The summed E-state index contributed by atoms with van der Waals surface area (Å²) in [6.07, 6.45) is 1.02. The second-order valence-corrected chi connectivity index (χ2v) is 5.41. The van der Waals surface area contributed by atoms with Gasteiger partial charge in [0.2, 0.25) is 0 Å². The van der Waals surface area contributed by atoms with Gasteiger partial charge in [0.25, 0.3) is 5.91 Å². The highest BCUT2D eigenvalue weighted by Gasteiger charge is 2.35. The van der Waals surface area contributed by atoms with Gasteiger partial charge in [-0.1, -0.05) is 13.8 Å². The Hall–Kier alpha value is -1.85. The van der Waals surface area contributed by atoms with E-state index >= 15 is 0 Å². The Morgan fingerprint density at radius 3 is 2.58 bits per heavy atom. The van der Waals surface area contributed by atoms with Gasteiger partial charge in [-0.2, -0.15) is 5.10 Å². The average molecular weight is 265 g/mol. The van der Waals surface area contributed by atoms with Gasteiger partial charge in [0.05, 0.1) is 11.6 Å². The van der Waals surface area contributed by atoms with Crippen molar-refractivity contribution in [2.24, 2.45) is 13.0 Å². The highest BCUT2D eigenvalue weighted by molar-refractivity contribution is 5.93. The van der Waals surface area contributed by atoms with E-state index in [0.717, 1.165) is 5.69 Å². The molecule has 0 aromatic carbocycles. The van der Waals surface area contributed by atoms with E-state index in [2.05, 4.69) is 10.4 Å². The van der Waals surface area contributed by atoms with Crippen LogP contribution in [0.1, 0.15) is 48.8 Å². The normalized spacial score (nSPS) is 22.1. The molecule has 0 spiro atoms. The second kappa shape index (κ2) is 5.03. The van der Waals surface area contributed by atoms with Crippen LogP contribution in [0.15, 0.2) is 6.07 Å². The van der Waals surface area contributed by atoms with Crippen molar-refractivity contribution in [3.05, 3.63) is 17.5 Å². The van der Waals surface area contributed by atoms with Crippen LogP contribution in [0.4, 0.5) is 0 Å². The summed E-state index contributed by atoms with van der Waals surface area (Å²) in [5.41, 5.74) is 1.40. The first-order valence-electron chi connectivity index (χ1n) is 6.46. The van der Waals surface area contributed by atoms with Gasteiger partial charge < -0.3 is 10.4 Å². The van der Waals surface area contributed by atoms with Crippen molar-refractivity contribution in [2.45, 2.75) is 38.6 Å². The number of aliphatic carboxylic acids is 1. The zero-order valence-electron chi connectivity index (χ0n) is 11.4. The quantitative estimate of drug-likeness (QED) is 0.855. The zero-order valence-corrected chi connectivity index (χ0v) is 11.4. The van der Waals surface area contributed by atoms with Crippen LogP contribution < -0.4 is 5.32 Å². The molecule has 1 amide bonds. The fourth-order valence-corrected chi connectivity index (χ4v) is 2.18. The lowest BCUT2D eigenvalue weighted by Gasteiger charge is -2.32. The van der Waals surface area contributed by atoms with Crippen LogP contribution in [-0.2, 0) is 11.8 Å². The van der Waals surface area contributed by atoms with Crippen molar-refractivity contribution < 1.29 is 14.7 Å². The molecule has 2 N–H and O–H groups in total. The van der Waals surface area contributed by atoms with E-state index in [9.17, 15) is 9.59 Å². The SMILES string of the molecule is CC(C)c1cc(C(=O)NC2CC(C(=O)O)C2)n(C)n1. The van der Waals surface area contributed by atoms with Crippen LogP contribution in [0.3, 0.4) is 0 Å². The van der Waals surface area contributed by atoms with Crippen LogP contribution in [-0.4, -0.2) is 32.8 Å². The minimum absolute atomic E-state index is 0.0361. The number of nitrogens with one attached hydrogen (secondary N) is 1. The summed E-state index contributed by atoms with van der Waals surface area (Å²) in [6, 6.07) is 1.75. The number of hydrogen-bond acceptors (Lipinski definition) is 3. The molecule has 1 heterocycles. The Kier molecular flexibility index (Phi) is 3.59. The Morgan fingerprint density at radius 1 is 1.47 bits per heavy atom. The van der Waals surface area contributed by atoms with Gasteiger partial charge >= 0.3 is 5.97 Å². The minimum Gasteiger partial charge on any atom is -0.481 e. The summed E-state index contributed by atoms with van der Waals surface area (Å²) >= 11 is 0. The fourth-order valence-electron chi connectivity index (χ4n) is 2.18. The zero-order chi connectivity index (χ0) is 14.2. The van der Waals surface area contributed by atoms with Crippen LogP contribution in [0, 0.1) is 5.92 Å². The summed E-state index contributed by atoms with van der Waals surface area (Å²) < 4.78 is 1.57. The largest absolute Gasteiger partial charge is 0.481 e. The van der Waals surface area contributed by atoms with E-state index in [1.54, 1.807) is 17.8 Å². The van der Waals surface area contributed by atoms with Gasteiger partial charge in [0, 0.05) is 13.1 Å². The van der Waals surface area contributed by atoms with Crippen LogP contribution in [0.2, 0.25) is 0 Å². The van der Waals surface area contributed by atoms with Gasteiger partial charge in [0.15, 0.2) is 0 Å². The van der Waals surface area contributed by atoms with Crippen molar-refractivity contribution in [1.29, 1.82) is 0 Å². The number of amides is 1. The number of rotatable bonds is 4. The Morgan fingerprint density at radius 2 is 2.11 bits per heavy atom. The lowest BCUT2D eigenvalue weighted by Crippen LogP contribution is -2.47. The van der Waals surface area contributed by atoms with Gasteiger partial charge in [-0.05, 0) is 24.8 Å². The van der Waals surface area contributed by atoms with Crippen LogP contribution >= 0.6 is 0 Å². The van der Waals surface area contributed by atoms with Crippen LogP contribution in [0.5, 0.6) is 0 Å². The number of nitrogens with zero attached hydrogens (tertiary/aromatic N) is 2. The fraction of sp³-hybridized carbons (Fsp3) is 0.615. The molecular weight excluding hydrogens is 246 g/mol. The minimum atomic E-state index is -0.784. The van der Waals surface area contributed by atoms with Crippen LogP contribution in [0.25, 0.3) is 0 Å². The maximum absolute atomic E-state index is 12.1. The molecule has 0 saturated heterocycles. The van der Waals surface area contributed by atoms with Gasteiger partial charge in [-0.25, -0.2) is 0 Å². The summed E-state index contributed by atoms with van der Waals surface area (Å²) in [5.74, 6) is -1.01. The first kappa shape index (κ1) is 13.6. The van der Waals surface area contributed by atoms with Crippen molar-refractivity contribution >= 4 is 11.9 Å². The molecule has 1 aliphatic rings. The van der Waals surface area contributed by atoms with Crippen molar-refractivity contribution in [3.63, 3.8) is 0 Å². The molecule has 0 unspecified atom stereocenters. The molecule has 2 rings (SSSR count). The Labute approximate surface area is 111 Å². The smallest absolute Gasteiger partial charge is 0.306 e. The number of aromatic nitrogens is 2. The standard InChI is InChI=1S/C13H19N3O3/c1-7(2)10-6-11(16(3)15-10)12(17)14-9-4-8(5-9)13(18)19/h6-9H,4-5H2,1-3H3,(H,14,17)(H,18,19). The summed E-state index contributed by atoms with van der Waals surface area (Å²) in [6.45, 7) is 4.04. The highest BCUT2D eigenvalue weighted by Crippen LogP contribution is 2.27. The van der Waals surface area contributed by atoms with Gasteiger partial charge in [0.1, 0.15) is 5.69 Å². The molecule has 6 nitrogen and oxygen atoms in total. The average Bonchev–Trinajstić information content (AvgIpc) is 2.64. The summed E-state index contributed by atoms with van der Waals surface area (Å²) in [5, 5.41) is 15.9. The molecule has 1 aromatic heterocycles. The summed E-state index contributed by atoms with van der Waals surface area (Å²) in [7, 11) is 1.74. The second-order valence-electron chi connectivity index (χ2n) is 5.41. The van der Waals surface area contributed by atoms with E-state index in [-0.39, 0.29) is 23.8 Å². The number of carboxylic acids is 1. The third-order valence-electron chi connectivity index (χ3n) is 3.55. The highest BCUT2D eigenvalue weighted by atomic mass is 16.4. The van der Waals surface area contributed by atoms with E-state index in [0.29, 0.717) is 18.5 Å². The number of aryl methyl sites for hydroxylation is 1. The third-order valence-corrected chi connectivity index (χ3v) is 3.55. The molecular formula is C13H19N3O3. The molecule has 0 radical (unpaired) electrons. The molecule has 0 bridgehead atoms. The number of hydrogen-bond donors (Lipinski definition) is 2. The molecule has 1 aromatic rings. The Balaban J connectivity index is 1.96. The van der Waals surface area contributed by atoms with Crippen molar-refractivity contribution in [3.8, 4) is 0 Å². The maximum atomic E-state index is 12.1. The molecule has 1 fully saturated rings. The molecule has 6 heteroatoms. The van der Waals surface area contributed by atoms with Gasteiger partial charge in [-0.3, -0.25) is 14.3 Å². The van der Waals surface area contributed by atoms with E-state index < -0.39 is 5.97 Å². The van der Waals surface area contributed by atoms with E-state index in [4.69, 9.17) is 5.11 Å². The lowest BCUT2D eigenvalue weighted by molar-refractivity contribution is -0.145. The first-order chi connectivity index (χ1) is 8.88. The number of carbonyl (C=O) groups excluding carboxylic acids is 1. The number of carbonyl (C=O) groups is 2. The predicted octanol–water partition coefficient (Wildman–Crippen LogP) is 1.14. The molecule has 1 aliphatic carbocycles. The van der Waals surface area contributed by atoms with Crippen molar-refractivity contribution in [1.82, 2.24) is 15.1 Å². The molecule has 0 aliphatic heterocycles. The lowest BCUT2D eigenvalue weighted by atomic mass is 9.80. The molecule has 19 heavy (non-hydrogen) atoms. The van der Waals surface area contributed by atoms with Crippen molar-refractivity contribution in [2.75, 3.05) is 0 Å². The van der Waals surface area contributed by atoms with E-state index in [1.807, 2.05) is 13.8 Å². The van der Waals surface area contributed by atoms with Gasteiger partial charge in [-0.15, -0.1) is 0 Å². The number of carboxylic acid groups (broad SMARTS) is 1. The summed E-state index contributed by atoms with van der Waals surface area (Å²) in [4.78, 5) is 22.8. The Bertz CT molecular complexity index is 501. The topological polar surface area (TPSA) is 84.2 Å². The molecule has 0 atom stereocenters. The first-order valence-corrected chi connectivity index (χ1v) is 6.46. The molecule has 1 saturated carbocycles. The monoisotopic (exact) mass is 265 g/mol. The van der Waals surface area contributed by atoms with E-state index in [1.165, 1.54) is 0 Å². The predicted molar refractivity (Wildman–Crippen MR) is 68.9 cm³/mol.